The summed E-state index contributed by atoms with van der Waals surface area (Å²) >= 11 is 1.34. The number of hydrogen-bond donors (Lipinski definition) is 1. The number of rotatable bonds is 5. The number of carbonyl (C=O) groups is 2. The molecule has 1 aromatic heterocycles. The molecule has 5 nitrogen and oxygen atoms in total. The van der Waals surface area contributed by atoms with Gasteiger partial charge in [-0.1, -0.05) is 31.2 Å². The Morgan fingerprint density at radius 3 is 2.59 bits per heavy atom. The molecule has 1 amide bonds. The van der Waals surface area contributed by atoms with Gasteiger partial charge in [0, 0.05) is 17.9 Å². The first kappa shape index (κ1) is 16.2. The highest BCUT2D eigenvalue weighted by Gasteiger charge is 2.17. The largest absolute Gasteiger partial charge is 0.453 e. The van der Waals surface area contributed by atoms with E-state index in [4.69, 9.17) is 4.74 Å². The Morgan fingerprint density at radius 1 is 1.32 bits per heavy atom. The van der Waals surface area contributed by atoms with Gasteiger partial charge >= 0.3 is 5.97 Å². The topological polar surface area (TPSA) is 68.3 Å². The first-order valence-electron chi connectivity index (χ1n) is 7.02. The third-order valence-corrected chi connectivity index (χ3v) is 3.86. The predicted octanol–water partition coefficient (Wildman–Crippen LogP) is 3.26. The van der Waals surface area contributed by atoms with Crippen molar-refractivity contribution in [1.82, 2.24) is 4.98 Å². The van der Waals surface area contributed by atoms with Crippen LogP contribution in [0.3, 0.4) is 0 Å². The average molecular weight is 318 g/mol. The number of anilines is 1. The summed E-state index contributed by atoms with van der Waals surface area (Å²) in [6, 6.07) is 8.16. The maximum atomic E-state index is 11.9. The number of amides is 1. The summed E-state index contributed by atoms with van der Waals surface area (Å²) in [5, 5.41) is 5.02. The summed E-state index contributed by atoms with van der Waals surface area (Å²) in [4.78, 5) is 27.1. The molecule has 0 aliphatic heterocycles. The molecule has 0 radical (unpaired) electrons. The molecule has 116 valence electrons. The summed E-state index contributed by atoms with van der Waals surface area (Å²) in [5.41, 5.74) is 3.08. The number of nitrogens with one attached hydrogen (secondary N) is 1. The van der Waals surface area contributed by atoms with Gasteiger partial charge in [-0.05, 0) is 18.9 Å². The van der Waals surface area contributed by atoms with E-state index in [1.807, 2.05) is 17.5 Å². The number of aryl methyl sites for hydroxylation is 1. The predicted molar refractivity (Wildman–Crippen MR) is 86.8 cm³/mol. The molecule has 1 N–H and O–H groups in total. The lowest BCUT2D eigenvalue weighted by Crippen LogP contribution is -2.29. The average Bonchev–Trinajstić information content (AvgIpc) is 2.95. The number of ether oxygens (including phenoxy) is 1. The molecule has 0 aliphatic rings. The fourth-order valence-corrected chi connectivity index (χ4v) is 2.61. The van der Waals surface area contributed by atoms with E-state index >= 15 is 0 Å². The monoisotopic (exact) mass is 318 g/mol. The molecule has 1 atom stereocenters. The molecule has 0 spiro atoms. The van der Waals surface area contributed by atoms with E-state index in [1.165, 1.54) is 30.7 Å². The first-order valence-corrected chi connectivity index (χ1v) is 7.90. The number of aromatic nitrogens is 1. The maximum Gasteiger partial charge on any atom is 0.303 e. The second kappa shape index (κ2) is 7.17. The summed E-state index contributed by atoms with van der Waals surface area (Å²) in [6.45, 7) is 4.90. The fourth-order valence-electron chi connectivity index (χ4n) is 1.88. The van der Waals surface area contributed by atoms with Crippen LogP contribution in [0.15, 0.2) is 29.6 Å². The number of thiazole rings is 1. The molecule has 1 heterocycles. The van der Waals surface area contributed by atoms with Crippen LogP contribution < -0.4 is 5.32 Å². The summed E-state index contributed by atoms with van der Waals surface area (Å²) in [5.74, 6) is -0.879. The molecule has 22 heavy (non-hydrogen) atoms. The minimum Gasteiger partial charge on any atom is -0.453 e. The van der Waals surface area contributed by atoms with E-state index in [2.05, 4.69) is 29.4 Å². The van der Waals surface area contributed by atoms with Crippen molar-refractivity contribution in [3.05, 3.63) is 35.2 Å². The molecule has 0 bridgehead atoms. The van der Waals surface area contributed by atoms with Crippen molar-refractivity contribution in [2.24, 2.45) is 0 Å². The standard InChI is InChI=1S/C16H18N2O3S/c1-4-12-5-7-13(8-6-12)14-9-22-16(17-14)18-15(20)10(2)21-11(3)19/h5-10H,4H2,1-3H3,(H,17,18,20). The zero-order valence-corrected chi connectivity index (χ0v) is 13.6. The van der Waals surface area contributed by atoms with Crippen molar-refractivity contribution in [3.63, 3.8) is 0 Å². The van der Waals surface area contributed by atoms with Crippen molar-refractivity contribution in [2.45, 2.75) is 33.3 Å². The third kappa shape index (κ3) is 4.14. The second-order valence-corrected chi connectivity index (χ2v) is 5.69. The first-order chi connectivity index (χ1) is 10.5. The van der Waals surface area contributed by atoms with Gasteiger partial charge in [-0.15, -0.1) is 11.3 Å². The molecule has 6 heteroatoms. The van der Waals surface area contributed by atoms with Crippen LogP contribution in [-0.4, -0.2) is 23.0 Å². The fraction of sp³-hybridized carbons (Fsp3) is 0.312. The van der Waals surface area contributed by atoms with Gasteiger partial charge in [0.25, 0.3) is 5.91 Å². The molecule has 0 saturated heterocycles. The minimum atomic E-state index is -0.839. The van der Waals surface area contributed by atoms with Gasteiger partial charge in [-0.2, -0.15) is 0 Å². The molecule has 0 saturated carbocycles. The lowest BCUT2D eigenvalue weighted by atomic mass is 10.1. The molecule has 0 fully saturated rings. The van der Waals surface area contributed by atoms with E-state index in [0.717, 1.165) is 17.7 Å². The Morgan fingerprint density at radius 2 is 2.00 bits per heavy atom. The SMILES string of the molecule is CCc1ccc(-c2csc(NC(=O)C(C)OC(C)=O)n2)cc1. The number of benzene rings is 1. The van der Waals surface area contributed by atoms with E-state index in [0.29, 0.717) is 5.13 Å². The molecule has 1 unspecified atom stereocenters. The summed E-state index contributed by atoms with van der Waals surface area (Å²) in [6.07, 6.45) is 0.154. The van der Waals surface area contributed by atoms with Crippen LogP contribution in [0.25, 0.3) is 11.3 Å². The van der Waals surface area contributed by atoms with E-state index in [9.17, 15) is 9.59 Å². The molecule has 2 rings (SSSR count). The van der Waals surface area contributed by atoms with Crippen molar-refractivity contribution >= 4 is 28.3 Å². The van der Waals surface area contributed by atoms with Crippen molar-refractivity contribution < 1.29 is 14.3 Å². The van der Waals surface area contributed by atoms with Crippen molar-refractivity contribution in [3.8, 4) is 11.3 Å². The van der Waals surface area contributed by atoms with E-state index < -0.39 is 18.0 Å². The number of nitrogens with zero attached hydrogens (tertiary/aromatic N) is 1. The molecular formula is C16H18N2O3S. The normalized spacial score (nSPS) is 11.8. The molecule has 2 aromatic rings. The highest BCUT2D eigenvalue weighted by atomic mass is 32.1. The van der Waals surface area contributed by atoms with Crippen LogP contribution in [0.5, 0.6) is 0 Å². The Balaban J connectivity index is 2.04. The van der Waals surface area contributed by atoms with Crippen LogP contribution in [0.2, 0.25) is 0 Å². The lowest BCUT2D eigenvalue weighted by molar-refractivity contribution is -0.150. The van der Waals surface area contributed by atoms with Crippen LogP contribution in [0, 0.1) is 0 Å². The van der Waals surface area contributed by atoms with Crippen molar-refractivity contribution in [2.75, 3.05) is 5.32 Å². The van der Waals surface area contributed by atoms with Crippen molar-refractivity contribution in [1.29, 1.82) is 0 Å². The van der Waals surface area contributed by atoms with Crippen LogP contribution >= 0.6 is 11.3 Å². The van der Waals surface area contributed by atoms with Crippen LogP contribution in [0.1, 0.15) is 26.3 Å². The summed E-state index contributed by atoms with van der Waals surface area (Å²) in [7, 11) is 0. The Kier molecular flexibility index (Phi) is 5.27. The van der Waals surface area contributed by atoms with E-state index in [-0.39, 0.29) is 0 Å². The van der Waals surface area contributed by atoms with E-state index in [1.54, 1.807) is 0 Å². The quantitative estimate of drug-likeness (QED) is 0.859. The highest BCUT2D eigenvalue weighted by molar-refractivity contribution is 7.14. The van der Waals surface area contributed by atoms with Crippen LogP contribution in [0.4, 0.5) is 5.13 Å². The smallest absolute Gasteiger partial charge is 0.303 e. The number of carbonyl (C=O) groups excluding carboxylic acids is 2. The third-order valence-electron chi connectivity index (χ3n) is 3.10. The van der Waals surface area contributed by atoms with Gasteiger partial charge in [-0.25, -0.2) is 4.98 Å². The van der Waals surface area contributed by atoms with Gasteiger partial charge in [0.15, 0.2) is 11.2 Å². The Labute approximate surface area is 133 Å². The Hall–Kier alpha value is -2.21. The Bertz CT molecular complexity index is 664. The maximum absolute atomic E-state index is 11.9. The molecule has 1 aromatic carbocycles. The van der Waals surface area contributed by atoms with Gasteiger partial charge in [0.2, 0.25) is 0 Å². The van der Waals surface area contributed by atoms with Gasteiger partial charge in [-0.3, -0.25) is 14.9 Å². The molecular weight excluding hydrogens is 300 g/mol. The van der Waals surface area contributed by atoms with Gasteiger partial charge in [0.05, 0.1) is 5.69 Å². The molecule has 0 aliphatic carbocycles. The number of esters is 1. The summed E-state index contributed by atoms with van der Waals surface area (Å²) < 4.78 is 4.83. The van der Waals surface area contributed by atoms with Crippen LogP contribution in [-0.2, 0) is 20.7 Å². The number of hydrogen-bond acceptors (Lipinski definition) is 5. The van der Waals surface area contributed by atoms with Gasteiger partial charge < -0.3 is 4.74 Å². The van der Waals surface area contributed by atoms with Gasteiger partial charge in [0.1, 0.15) is 0 Å². The lowest BCUT2D eigenvalue weighted by Gasteiger charge is -2.10. The zero-order valence-electron chi connectivity index (χ0n) is 12.8. The minimum absolute atomic E-state index is 0.391. The highest BCUT2D eigenvalue weighted by Crippen LogP contribution is 2.25. The second-order valence-electron chi connectivity index (χ2n) is 4.83. The zero-order chi connectivity index (χ0) is 16.1.